The third kappa shape index (κ3) is 3.69. The molecule has 1 aromatic carbocycles. The molecule has 0 aliphatic carbocycles. The summed E-state index contributed by atoms with van der Waals surface area (Å²) in [6.07, 6.45) is -0.642. The van der Waals surface area contributed by atoms with Gasteiger partial charge < -0.3 is 15.1 Å². The van der Waals surface area contributed by atoms with Gasteiger partial charge in [0.05, 0.1) is 17.4 Å². The van der Waals surface area contributed by atoms with E-state index in [1.54, 1.807) is 32.2 Å². The zero-order valence-corrected chi connectivity index (χ0v) is 11.2. The monoisotopic (exact) mass is 266 g/mol. The van der Waals surface area contributed by atoms with E-state index in [9.17, 15) is 14.7 Å². The smallest absolute Gasteiger partial charge is 0.337 e. The molecule has 0 heterocycles. The lowest BCUT2D eigenvalue weighted by molar-refractivity contribution is 0.0697. The van der Waals surface area contributed by atoms with Crippen LogP contribution in [0.5, 0.6) is 0 Å². The fraction of sp³-hybridized carbons (Fsp3) is 0.385. The summed E-state index contributed by atoms with van der Waals surface area (Å²) in [6.45, 7) is 1.76. The largest absolute Gasteiger partial charge is 0.478 e. The van der Waals surface area contributed by atoms with E-state index in [4.69, 9.17) is 5.11 Å². The number of carbonyl (C=O) groups is 2. The molecule has 0 fully saturated rings. The normalized spacial score (nSPS) is 11.8. The van der Waals surface area contributed by atoms with Gasteiger partial charge in [-0.1, -0.05) is 12.1 Å². The van der Waals surface area contributed by atoms with Crippen molar-refractivity contribution < 1.29 is 19.8 Å². The number of aliphatic hydroxyl groups excluding tert-OH is 1. The summed E-state index contributed by atoms with van der Waals surface area (Å²) in [7, 11) is 3.05. The minimum absolute atomic E-state index is 0.0591. The van der Waals surface area contributed by atoms with Crippen LogP contribution >= 0.6 is 0 Å². The van der Waals surface area contributed by atoms with E-state index in [0.717, 1.165) is 0 Å². The molecule has 0 aliphatic rings. The Bertz CT molecular complexity index is 473. The highest BCUT2D eigenvalue weighted by Crippen LogP contribution is 2.20. The molecule has 1 unspecified atom stereocenters. The Kier molecular flexibility index (Phi) is 4.88. The Labute approximate surface area is 111 Å². The molecule has 0 aliphatic heterocycles. The molecular weight excluding hydrogens is 248 g/mol. The first kappa shape index (κ1) is 15.0. The lowest BCUT2D eigenvalue weighted by atomic mass is 10.1. The standard InChI is InChI=1S/C13H18N2O4/c1-9(16)8-14(2)13(19)15(3)11-7-5-4-6-10(11)12(17)18/h4-7,9,16H,8H2,1-3H3,(H,17,18). The van der Waals surface area contributed by atoms with E-state index in [1.165, 1.54) is 22.9 Å². The zero-order chi connectivity index (χ0) is 14.6. The summed E-state index contributed by atoms with van der Waals surface area (Å²) in [6, 6.07) is 5.90. The van der Waals surface area contributed by atoms with Crippen molar-refractivity contribution in [2.45, 2.75) is 13.0 Å². The van der Waals surface area contributed by atoms with Gasteiger partial charge in [-0.25, -0.2) is 9.59 Å². The van der Waals surface area contributed by atoms with Gasteiger partial charge >= 0.3 is 12.0 Å². The highest BCUT2D eigenvalue weighted by molar-refractivity contribution is 6.01. The van der Waals surface area contributed by atoms with Crippen molar-refractivity contribution in [2.24, 2.45) is 0 Å². The summed E-state index contributed by atoms with van der Waals surface area (Å²) in [5, 5.41) is 18.3. The zero-order valence-electron chi connectivity index (χ0n) is 11.2. The number of rotatable bonds is 4. The van der Waals surface area contributed by atoms with Crippen molar-refractivity contribution in [3.05, 3.63) is 29.8 Å². The average Bonchev–Trinajstić information content (AvgIpc) is 2.36. The van der Waals surface area contributed by atoms with E-state index in [1.807, 2.05) is 0 Å². The third-order valence-corrected chi connectivity index (χ3v) is 2.65. The van der Waals surface area contributed by atoms with Crippen molar-refractivity contribution in [1.29, 1.82) is 0 Å². The molecule has 0 radical (unpaired) electrons. The fourth-order valence-electron chi connectivity index (χ4n) is 1.78. The number of hydrogen-bond acceptors (Lipinski definition) is 3. The second-order valence-corrected chi connectivity index (χ2v) is 4.39. The summed E-state index contributed by atoms with van der Waals surface area (Å²) in [4.78, 5) is 25.8. The molecule has 2 N–H and O–H groups in total. The number of urea groups is 1. The number of carbonyl (C=O) groups excluding carboxylic acids is 1. The Morgan fingerprint density at radius 1 is 1.26 bits per heavy atom. The predicted molar refractivity (Wildman–Crippen MR) is 71.5 cm³/mol. The molecule has 1 aromatic rings. The Morgan fingerprint density at radius 2 is 1.84 bits per heavy atom. The Balaban J connectivity index is 2.97. The molecule has 0 aromatic heterocycles. The van der Waals surface area contributed by atoms with E-state index >= 15 is 0 Å². The molecule has 0 saturated carbocycles. The number of hydrogen-bond donors (Lipinski definition) is 2. The minimum atomic E-state index is -1.09. The highest BCUT2D eigenvalue weighted by Gasteiger charge is 2.21. The van der Waals surface area contributed by atoms with Crippen LogP contribution < -0.4 is 4.90 Å². The van der Waals surface area contributed by atoms with Gasteiger partial charge in [-0.05, 0) is 19.1 Å². The summed E-state index contributed by atoms with van der Waals surface area (Å²) < 4.78 is 0. The fourth-order valence-corrected chi connectivity index (χ4v) is 1.78. The van der Waals surface area contributed by atoms with Crippen molar-refractivity contribution >= 4 is 17.7 Å². The van der Waals surface area contributed by atoms with Crippen LogP contribution in [0.2, 0.25) is 0 Å². The van der Waals surface area contributed by atoms with Crippen LogP contribution in [0, 0.1) is 0 Å². The first-order valence-electron chi connectivity index (χ1n) is 5.83. The van der Waals surface area contributed by atoms with E-state index in [0.29, 0.717) is 5.69 Å². The predicted octanol–water partition coefficient (Wildman–Crippen LogP) is 1.25. The number of amides is 2. The number of nitrogens with zero attached hydrogens (tertiary/aromatic N) is 2. The van der Waals surface area contributed by atoms with Gasteiger partial charge in [0.2, 0.25) is 0 Å². The maximum Gasteiger partial charge on any atom is 0.337 e. The van der Waals surface area contributed by atoms with Gasteiger partial charge in [-0.15, -0.1) is 0 Å². The first-order chi connectivity index (χ1) is 8.84. The Morgan fingerprint density at radius 3 is 2.37 bits per heavy atom. The van der Waals surface area contributed by atoms with Gasteiger partial charge in [0.25, 0.3) is 0 Å². The number of para-hydroxylation sites is 1. The van der Waals surface area contributed by atoms with Gasteiger partial charge in [0, 0.05) is 20.6 Å². The first-order valence-corrected chi connectivity index (χ1v) is 5.83. The van der Waals surface area contributed by atoms with Gasteiger partial charge in [-0.3, -0.25) is 4.90 Å². The molecule has 19 heavy (non-hydrogen) atoms. The molecule has 0 bridgehead atoms. The number of benzene rings is 1. The number of aromatic carboxylic acids is 1. The van der Waals surface area contributed by atoms with Crippen LogP contribution in [0.1, 0.15) is 17.3 Å². The molecule has 6 nitrogen and oxygen atoms in total. The summed E-state index contributed by atoms with van der Waals surface area (Å²) in [5.74, 6) is -1.09. The third-order valence-electron chi connectivity index (χ3n) is 2.65. The molecule has 2 amide bonds. The summed E-state index contributed by atoms with van der Waals surface area (Å²) >= 11 is 0. The molecule has 104 valence electrons. The number of anilines is 1. The maximum atomic E-state index is 12.1. The van der Waals surface area contributed by atoms with Crippen LogP contribution in [0.25, 0.3) is 0 Å². The van der Waals surface area contributed by atoms with Gasteiger partial charge in [-0.2, -0.15) is 0 Å². The minimum Gasteiger partial charge on any atom is -0.478 e. The van der Waals surface area contributed by atoms with E-state index in [2.05, 4.69) is 0 Å². The molecule has 0 saturated heterocycles. The lowest BCUT2D eigenvalue weighted by Gasteiger charge is -2.26. The lowest BCUT2D eigenvalue weighted by Crippen LogP contribution is -2.42. The van der Waals surface area contributed by atoms with Crippen molar-refractivity contribution in [1.82, 2.24) is 4.90 Å². The van der Waals surface area contributed by atoms with Gasteiger partial charge in [0.15, 0.2) is 0 Å². The van der Waals surface area contributed by atoms with Crippen molar-refractivity contribution in [3.8, 4) is 0 Å². The topological polar surface area (TPSA) is 81.1 Å². The number of likely N-dealkylation sites (N-methyl/N-ethyl adjacent to an activating group) is 1. The molecule has 1 rings (SSSR count). The second kappa shape index (κ2) is 6.19. The van der Waals surface area contributed by atoms with Crippen molar-refractivity contribution in [2.75, 3.05) is 25.5 Å². The number of aliphatic hydroxyl groups is 1. The molecule has 6 heteroatoms. The SMILES string of the molecule is CC(O)CN(C)C(=O)N(C)c1ccccc1C(=O)O. The van der Waals surface area contributed by atoms with Crippen LogP contribution in [-0.2, 0) is 0 Å². The van der Waals surface area contributed by atoms with E-state index in [-0.39, 0.29) is 18.1 Å². The molecule has 0 spiro atoms. The molecular formula is C13H18N2O4. The average molecular weight is 266 g/mol. The Hall–Kier alpha value is -2.08. The quantitative estimate of drug-likeness (QED) is 0.859. The number of carboxylic acid groups (broad SMARTS) is 1. The summed E-state index contributed by atoms with van der Waals surface area (Å²) in [5.41, 5.74) is 0.376. The van der Waals surface area contributed by atoms with Crippen molar-refractivity contribution in [3.63, 3.8) is 0 Å². The maximum absolute atomic E-state index is 12.1. The van der Waals surface area contributed by atoms with E-state index < -0.39 is 12.1 Å². The number of carboxylic acids is 1. The second-order valence-electron chi connectivity index (χ2n) is 4.39. The van der Waals surface area contributed by atoms with Crippen LogP contribution in [-0.4, -0.2) is 53.9 Å². The van der Waals surface area contributed by atoms with Crippen LogP contribution in [0.15, 0.2) is 24.3 Å². The molecule has 1 atom stereocenters. The van der Waals surface area contributed by atoms with Gasteiger partial charge in [0.1, 0.15) is 0 Å². The highest BCUT2D eigenvalue weighted by atomic mass is 16.4. The van der Waals surface area contributed by atoms with Crippen LogP contribution in [0.3, 0.4) is 0 Å². The van der Waals surface area contributed by atoms with Crippen LogP contribution in [0.4, 0.5) is 10.5 Å².